The van der Waals surface area contributed by atoms with Gasteiger partial charge in [-0.05, 0) is 53.3 Å². The summed E-state index contributed by atoms with van der Waals surface area (Å²) in [6.45, 7) is 2.24. The number of benzene rings is 1. The molecule has 0 saturated heterocycles. The van der Waals surface area contributed by atoms with Gasteiger partial charge < -0.3 is 5.32 Å². The van der Waals surface area contributed by atoms with Gasteiger partial charge in [0.05, 0.1) is 17.8 Å². The van der Waals surface area contributed by atoms with Crippen molar-refractivity contribution in [1.29, 1.82) is 0 Å². The Morgan fingerprint density at radius 1 is 1.35 bits per heavy atom. The summed E-state index contributed by atoms with van der Waals surface area (Å²) >= 11 is 1.63. The normalized spacial score (nSPS) is 16.3. The summed E-state index contributed by atoms with van der Waals surface area (Å²) in [5.41, 5.74) is 2.96. The third-order valence-electron chi connectivity index (χ3n) is 4.78. The van der Waals surface area contributed by atoms with Crippen LogP contribution in [-0.4, -0.2) is 31.1 Å². The van der Waals surface area contributed by atoms with Crippen LogP contribution >= 0.6 is 11.3 Å². The average Bonchev–Trinajstić information content (AvgIpc) is 3.30. The van der Waals surface area contributed by atoms with Crippen LogP contribution in [0.4, 0.5) is 5.13 Å². The van der Waals surface area contributed by atoms with Crippen molar-refractivity contribution in [1.82, 2.24) is 25.2 Å². The van der Waals surface area contributed by atoms with E-state index in [1.165, 1.54) is 29.7 Å². The van der Waals surface area contributed by atoms with Crippen LogP contribution in [0.25, 0.3) is 5.69 Å². The Kier molecular flexibility index (Phi) is 4.75. The highest BCUT2D eigenvalue weighted by atomic mass is 32.1. The zero-order chi connectivity index (χ0) is 17.9. The second-order valence-electron chi connectivity index (χ2n) is 6.55. The van der Waals surface area contributed by atoms with Crippen LogP contribution in [0.5, 0.6) is 0 Å². The van der Waals surface area contributed by atoms with Gasteiger partial charge in [-0.1, -0.05) is 25.5 Å². The fraction of sp³-hybridized carbons (Fsp3) is 0.389. The van der Waals surface area contributed by atoms with E-state index in [1.54, 1.807) is 16.0 Å². The van der Waals surface area contributed by atoms with Gasteiger partial charge in [0.2, 0.25) is 5.91 Å². The molecule has 2 heterocycles. The van der Waals surface area contributed by atoms with E-state index in [-0.39, 0.29) is 5.91 Å². The highest BCUT2D eigenvalue weighted by Crippen LogP contribution is 2.33. The number of thiazole rings is 1. The monoisotopic (exact) mass is 368 g/mol. The van der Waals surface area contributed by atoms with E-state index in [1.807, 2.05) is 24.3 Å². The number of nitrogens with one attached hydrogen (secondary N) is 1. The fourth-order valence-electron chi connectivity index (χ4n) is 3.24. The quantitative estimate of drug-likeness (QED) is 0.748. The summed E-state index contributed by atoms with van der Waals surface area (Å²) in [5.74, 6) is 0.712. The van der Waals surface area contributed by atoms with E-state index >= 15 is 0 Å². The fourth-order valence-corrected chi connectivity index (χ4v) is 4.38. The molecule has 4 rings (SSSR count). The smallest absolute Gasteiger partial charge is 0.230 e. The van der Waals surface area contributed by atoms with Crippen molar-refractivity contribution in [2.75, 3.05) is 5.32 Å². The van der Waals surface area contributed by atoms with Gasteiger partial charge in [0.15, 0.2) is 5.13 Å². The SMILES string of the molecule is CCC1CCc2nc(NC(=O)Cc3ccc(-n4cnnn4)cc3)sc2C1. The van der Waals surface area contributed by atoms with Gasteiger partial charge in [0, 0.05) is 4.88 Å². The number of tetrazole rings is 1. The van der Waals surface area contributed by atoms with Crippen LogP contribution in [0, 0.1) is 5.92 Å². The molecule has 1 aliphatic rings. The molecule has 8 heteroatoms. The molecule has 1 atom stereocenters. The van der Waals surface area contributed by atoms with Gasteiger partial charge in [-0.15, -0.1) is 16.4 Å². The van der Waals surface area contributed by atoms with Crippen molar-refractivity contribution in [3.63, 3.8) is 0 Å². The highest BCUT2D eigenvalue weighted by Gasteiger charge is 2.22. The Morgan fingerprint density at radius 2 is 2.19 bits per heavy atom. The molecule has 7 nitrogen and oxygen atoms in total. The largest absolute Gasteiger partial charge is 0.302 e. The lowest BCUT2D eigenvalue weighted by Crippen LogP contribution is -2.14. The summed E-state index contributed by atoms with van der Waals surface area (Å²) in [6.07, 6.45) is 6.39. The van der Waals surface area contributed by atoms with Crippen molar-refractivity contribution >= 4 is 22.4 Å². The summed E-state index contributed by atoms with van der Waals surface area (Å²) in [4.78, 5) is 18.3. The van der Waals surface area contributed by atoms with E-state index in [0.717, 1.165) is 35.1 Å². The van der Waals surface area contributed by atoms with Gasteiger partial charge in [-0.3, -0.25) is 4.79 Å². The maximum Gasteiger partial charge on any atom is 0.230 e. The number of hydrogen-bond donors (Lipinski definition) is 1. The number of aryl methyl sites for hydroxylation is 1. The molecule has 1 amide bonds. The van der Waals surface area contributed by atoms with E-state index in [4.69, 9.17) is 0 Å². The first-order valence-corrected chi connectivity index (χ1v) is 9.63. The lowest BCUT2D eigenvalue weighted by molar-refractivity contribution is -0.115. The summed E-state index contributed by atoms with van der Waals surface area (Å²) in [7, 11) is 0. The first kappa shape index (κ1) is 16.8. The average molecular weight is 368 g/mol. The summed E-state index contributed by atoms with van der Waals surface area (Å²) < 4.78 is 1.58. The molecular weight excluding hydrogens is 348 g/mol. The molecule has 0 radical (unpaired) electrons. The Morgan fingerprint density at radius 3 is 2.92 bits per heavy atom. The molecule has 0 aliphatic heterocycles. The van der Waals surface area contributed by atoms with E-state index in [9.17, 15) is 4.79 Å². The summed E-state index contributed by atoms with van der Waals surface area (Å²) in [5, 5.41) is 14.8. The number of hydrogen-bond acceptors (Lipinski definition) is 6. The maximum absolute atomic E-state index is 12.3. The van der Waals surface area contributed by atoms with Crippen molar-refractivity contribution in [3.05, 3.63) is 46.7 Å². The van der Waals surface area contributed by atoms with Crippen LogP contribution in [0.3, 0.4) is 0 Å². The molecule has 3 aromatic rings. The molecule has 2 aromatic heterocycles. The number of carbonyl (C=O) groups is 1. The molecule has 0 bridgehead atoms. The molecule has 0 fully saturated rings. The minimum atomic E-state index is -0.0432. The lowest BCUT2D eigenvalue weighted by Gasteiger charge is -2.18. The van der Waals surface area contributed by atoms with Crippen molar-refractivity contribution in [2.45, 2.75) is 39.0 Å². The zero-order valence-corrected chi connectivity index (χ0v) is 15.4. The second kappa shape index (κ2) is 7.33. The predicted molar refractivity (Wildman–Crippen MR) is 99.4 cm³/mol. The Hall–Kier alpha value is -2.61. The first-order valence-electron chi connectivity index (χ1n) is 8.82. The topological polar surface area (TPSA) is 85.6 Å². The Labute approximate surface area is 155 Å². The molecule has 0 saturated carbocycles. The van der Waals surface area contributed by atoms with Crippen LogP contribution in [0.1, 0.15) is 35.9 Å². The molecule has 0 spiro atoms. The van der Waals surface area contributed by atoms with Gasteiger partial charge in [0.25, 0.3) is 0 Å². The van der Waals surface area contributed by atoms with E-state index in [0.29, 0.717) is 6.42 Å². The van der Waals surface area contributed by atoms with Crippen molar-refractivity contribution in [2.24, 2.45) is 5.92 Å². The second-order valence-corrected chi connectivity index (χ2v) is 7.64. The van der Waals surface area contributed by atoms with Crippen molar-refractivity contribution < 1.29 is 4.79 Å². The van der Waals surface area contributed by atoms with Crippen molar-refractivity contribution in [3.8, 4) is 5.69 Å². The standard InChI is InChI=1S/C18H20N6OS/c1-2-12-5-8-15-16(9-12)26-18(20-15)21-17(25)10-13-3-6-14(7-4-13)24-11-19-22-23-24/h3-4,6-7,11-12H,2,5,8-10H2,1H3,(H,20,21,25). The first-order chi connectivity index (χ1) is 12.7. The van der Waals surface area contributed by atoms with Gasteiger partial charge in [-0.2, -0.15) is 0 Å². The lowest BCUT2D eigenvalue weighted by atomic mass is 9.89. The van der Waals surface area contributed by atoms with E-state index < -0.39 is 0 Å². The van der Waals surface area contributed by atoms with Gasteiger partial charge in [-0.25, -0.2) is 9.67 Å². The van der Waals surface area contributed by atoms with Crippen LogP contribution in [0.2, 0.25) is 0 Å². The molecule has 1 aliphatic carbocycles. The summed E-state index contributed by atoms with van der Waals surface area (Å²) in [6, 6.07) is 7.61. The molecule has 26 heavy (non-hydrogen) atoms. The molecular formula is C18H20N6OS. The molecule has 134 valence electrons. The van der Waals surface area contributed by atoms with E-state index in [2.05, 4.69) is 32.7 Å². The number of rotatable bonds is 5. The number of fused-ring (bicyclic) bond motifs is 1. The number of amides is 1. The Bertz CT molecular complexity index is 887. The van der Waals surface area contributed by atoms with Gasteiger partial charge >= 0.3 is 0 Å². The molecule has 1 unspecified atom stereocenters. The molecule has 1 aromatic carbocycles. The van der Waals surface area contributed by atoms with Crippen LogP contribution in [-0.2, 0) is 24.1 Å². The minimum Gasteiger partial charge on any atom is -0.302 e. The number of anilines is 1. The third-order valence-corrected chi connectivity index (χ3v) is 5.82. The third kappa shape index (κ3) is 3.65. The van der Waals surface area contributed by atoms with Crippen LogP contribution in [0.15, 0.2) is 30.6 Å². The zero-order valence-electron chi connectivity index (χ0n) is 14.6. The maximum atomic E-state index is 12.3. The minimum absolute atomic E-state index is 0.0432. The van der Waals surface area contributed by atoms with Crippen LogP contribution < -0.4 is 5.32 Å². The highest BCUT2D eigenvalue weighted by molar-refractivity contribution is 7.15. The Balaban J connectivity index is 1.38. The number of aromatic nitrogens is 5. The van der Waals surface area contributed by atoms with Gasteiger partial charge in [0.1, 0.15) is 6.33 Å². The predicted octanol–water partition coefficient (Wildman–Crippen LogP) is 2.81. The number of nitrogens with zero attached hydrogens (tertiary/aromatic N) is 5. The molecule has 1 N–H and O–H groups in total. The number of carbonyl (C=O) groups excluding carboxylic acids is 1.